The van der Waals surface area contributed by atoms with Gasteiger partial charge in [0.25, 0.3) is 0 Å². The SMILES string of the molecule is O=S(=O)(NNCCOc1ccccc1)C1CCCCC1. The van der Waals surface area contributed by atoms with Crippen LogP contribution in [0.5, 0.6) is 5.75 Å². The number of ether oxygens (including phenoxy) is 1. The van der Waals surface area contributed by atoms with E-state index < -0.39 is 10.0 Å². The van der Waals surface area contributed by atoms with E-state index in [-0.39, 0.29) is 5.25 Å². The summed E-state index contributed by atoms with van der Waals surface area (Å²) in [6, 6.07) is 9.45. The molecule has 0 amide bonds. The van der Waals surface area contributed by atoms with Gasteiger partial charge in [0.1, 0.15) is 12.4 Å². The van der Waals surface area contributed by atoms with Gasteiger partial charge >= 0.3 is 0 Å². The first-order valence-electron chi connectivity index (χ1n) is 7.10. The first-order chi connectivity index (χ1) is 9.68. The average molecular weight is 298 g/mol. The minimum atomic E-state index is -3.25. The number of benzene rings is 1. The fourth-order valence-corrected chi connectivity index (χ4v) is 3.77. The highest BCUT2D eigenvalue weighted by molar-refractivity contribution is 7.90. The van der Waals surface area contributed by atoms with Crippen molar-refractivity contribution in [1.82, 2.24) is 10.3 Å². The number of hydrogen-bond donors (Lipinski definition) is 2. The van der Waals surface area contributed by atoms with E-state index in [0.717, 1.165) is 37.9 Å². The van der Waals surface area contributed by atoms with Crippen LogP contribution in [0.2, 0.25) is 0 Å². The van der Waals surface area contributed by atoms with Gasteiger partial charge in [-0.15, -0.1) is 0 Å². The summed E-state index contributed by atoms with van der Waals surface area (Å²) in [7, 11) is -3.25. The highest BCUT2D eigenvalue weighted by Gasteiger charge is 2.26. The second kappa shape index (κ2) is 7.61. The second-order valence-corrected chi connectivity index (χ2v) is 6.96. The number of nitrogens with one attached hydrogen (secondary N) is 2. The molecule has 1 aliphatic carbocycles. The van der Waals surface area contributed by atoms with Crippen molar-refractivity contribution in [2.45, 2.75) is 37.4 Å². The van der Waals surface area contributed by atoms with E-state index in [2.05, 4.69) is 10.3 Å². The molecule has 1 aromatic rings. The van der Waals surface area contributed by atoms with Crippen molar-refractivity contribution in [3.8, 4) is 5.75 Å². The summed E-state index contributed by atoms with van der Waals surface area (Å²) >= 11 is 0. The monoisotopic (exact) mass is 298 g/mol. The third kappa shape index (κ3) is 4.77. The molecule has 0 heterocycles. The summed E-state index contributed by atoms with van der Waals surface area (Å²) in [5.74, 6) is 0.782. The molecule has 0 spiro atoms. The van der Waals surface area contributed by atoms with Gasteiger partial charge in [-0.25, -0.2) is 13.8 Å². The minimum absolute atomic E-state index is 0.251. The zero-order valence-corrected chi connectivity index (χ0v) is 12.4. The van der Waals surface area contributed by atoms with Gasteiger partial charge in [-0.3, -0.25) is 0 Å². The number of para-hydroxylation sites is 1. The largest absolute Gasteiger partial charge is 0.492 e. The maximum Gasteiger partial charge on any atom is 0.227 e. The second-order valence-electron chi connectivity index (χ2n) is 5.00. The Morgan fingerprint density at radius 2 is 1.80 bits per heavy atom. The van der Waals surface area contributed by atoms with Gasteiger partial charge in [-0.2, -0.15) is 4.83 Å². The third-order valence-corrected chi connectivity index (χ3v) is 5.22. The van der Waals surface area contributed by atoms with Crippen LogP contribution in [0.3, 0.4) is 0 Å². The zero-order valence-electron chi connectivity index (χ0n) is 11.5. The van der Waals surface area contributed by atoms with Crippen LogP contribution in [-0.2, 0) is 10.0 Å². The van der Waals surface area contributed by atoms with Crippen molar-refractivity contribution >= 4 is 10.0 Å². The lowest BCUT2D eigenvalue weighted by molar-refractivity contribution is 0.311. The molecule has 6 heteroatoms. The quantitative estimate of drug-likeness (QED) is 0.595. The zero-order chi connectivity index (χ0) is 14.3. The Kier molecular flexibility index (Phi) is 5.82. The molecule has 2 rings (SSSR count). The lowest BCUT2D eigenvalue weighted by Crippen LogP contribution is -2.45. The topological polar surface area (TPSA) is 67.4 Å². The Bertz CT molecular complexity index is 484. The summed E-state index contributed by atoms with van der Waals surface area (Å²) in [4.78, 5) is 2.46. The van der Waals surface area contributed by atoms with Crippen LogP contribution in [0.25, 0.3) is 0 Å². The molecule has 0 saturated heterocycles. The first kappa shape index (κ1) is 15.3. The Labute approximate surface area is 120 Å². The van der Waals surface area contributed by atoms with E-state index in [0.29, 0.717) is 13.2 Å². The first-order valence-corrected chi connectivity index (χ1v) is 8.64. The summed E-state index contributed by atoms with van der Waals surface area (Å²) in [6.07, 6.45) is 4.67. The lowest BCUT2D eigenvalue weighted by atomic mass is 10.0. The Balaban J connectivity index is 1.65. The highest BCUT2D eigenvalue weighted by atomic mass is 32.2. The molecule has 20 heavy (non-hydrogen) atoms. The minimum Gasteiger partial charge on any atom is -0.492 e. The lowest BCUT2D eigenvalue weighted by Gasteiger charge is -2.22. The normalized spacial score (nSPS) is 17.0. The van der Waals surface area contributed by atoms with Crippen LogP contribution in [0.1, 0.15) is 32.1 Å². The molecule has 0 unspecified atom stereocenters. The predicted octanol–water partition coefficient (Wildman–Crippen LogP) is 1.82. The summed E-state index contributed by atoms with van der Waals surface area (Å²) in [5, 5.41) is -0.251. The maximum absolute atomic E-state index is 12.0. The van der Waals surface area contributed by atoms with E-state index >= 15 is 0 Å². The molecule has 112 valence electrons. The number of hydrogen-bond acceptors (Lipinski definition) is 4. The van der Waals surface area contributed by atoms with Crippen LogP contribution in [0.4, 0.5) is 0 Å². The van der Waals surface area contributed by atoms with E-state index in [1.165, 1.54) is 0 Å². The van der Waals surface area contributed by atoms with Gasteiger partial charge in [0.2, 0.25) is 10.0 Å². The fraction of sp³-hybridized carbons (Fsp3) is 0.571. The van der Waals surface area contributed by atoms with Gasteiger partial charge in [0.05, 0.1) is 5.25 Å². The average Bonchev–Trinajstić information content (AvgIpc) is 2.49. The van der Waals surface area contributed by atoms with E-state index in [9.17, 15) is 8.42 Å². The van der Waals surface area contributed by atoms with Crippen molar-refractivity contribution < 1.29 is 13.2 Å². The van der Waals surface area contributed by atoms with Crippen LogP contribution in [0.15, 0.2) is 30.3 Å². The van der Waals surface area contributed by atoms with Gasteiger partial charge in [-0.05, 0) is 25.0 Å². The van der Waals surface area contributed by atoms with Gasteiger partial charge in [0, 0.05) is 6.54 Å². The molecule has 0 aromatic heterocycles. The van der Waals surface area contributed by atoms with Crippen molar-refractivity contribution in [3.05, 3.63) is 30.3 Å². The summed E-state index contributed by atoms with van der Waals surface area (Å²) in [6.45, 7) is 0.845. The molecule has 0 radical (unpaired) electrons. The summed E-state index contributed by atoms with van der Waals surface area (Å²) in [5.41, 5.74) is 2.73. The van der Waals surface area contributed by atoms with Crippen LogP contribution >= 0.6 is 0 Å². The van der Waals surface area contributed by atoms with Crippen LogP contribution < -0.4 is 15.0 Å². The van der Waals surface area contributed by atoms with E-state index in [1.807, 2.05) is 30.3 Å². The van der Waals surface area contributed by atoms with Crippen molar-refractivity contribution in [2.24, 2.45) is 0 Å². The molecular weight excluding hydrogens is 276 g/mol. The number of sulfonamides is 1. The number of hydrazine groups is 1. The smallest absolute Gasteiger partial charge is 0.227 e. The molecule has 1 aliphatic rings. The highest BCUT2D eigenvalue weighted by Crippen LogP contribution is 2.22. The Hall–Kier alpha value is -1.11. The molecule has 1 aromatic carbocycles. The molecule has 0 atom stereocenters. The molecule has 2 N–H and O–H groups in total. The molecule has 1 saturated carbocycles. The fourth-order valence-electron chi connectivity index (χ4n) is 2.35. The molecule has 0 bridgehead atoms. The van der Waals surface area contributed by atoms with E-state index in [1.54, 1.807) is 0 Å². The molecule has 5 nitrogen and oxygen atoms in total. The van der Waals surface area contributed by atoms with Crippen molar-refractivity contribution in [2.75, 3.05) is 13.2 Å². The molecular formula is C14H22N2O3S. The Morgan fingerprint density at radius 3 is 2.50 bits per heavy atom. The van der Waals surface area contributed by atoms with E-state index in [4.69, 9.17) is 4.74 Å². The van der Waals surface area contributed by atoms with Crippen LogP contribution in [-0.4, -0.2) is 26.8 Å². The number of rotatable bonds is 7. The van der Waals surface area contributed by atoms with Gasteiger partial charge < -0.3 is 4.74 Å². The third-order valence-electron chi connectivity index (χ3n) is 3.44. The van der Waals surface area contributed by atoms with Crippen molar-refractivity contribution in [1.29, 1.82) is 0 Å². The van der Waals surface area contributed by atoms with Crippen molar-refractivity contribution in [3.63, 3.8) is 0 Å². The molecule has 1 fully saturated rings. The van der Waals surface area contributed by atoms with Crippen LogP contribution in [0, 0.1) is 0 Å². The standard InChI is InChI=1S/C14H22N2O3S/c17-20(18,14-9-5-2-6-10-14)16-15-11-12-19-13-7-3-1-4-8-13/h1,3-4,7-8,14-16H,2,5-6,9-12H2. The van der Waals surface area contributed by atoms with Gasteiger partial charge in [-0.1, -0.05) is 37.5 Å². The summed E-state index contributed by atoms with van der Waals surface area (Å²) < 4.78 is 29.5. The molecule has 0 aliphatic heterocycles. The maximum atomic E-state index is 12.0. The Morgan fingerprint density at radius 1 is 1.10 bits per heavy atom. The predicted molar refractivity (Wildman–Crippen MR) is 78.9 cm³/mol. The van der Waals surface area contributed by atoms with Gasteiger partial charge in [0.15, 0.2) is 0 Å².